The summed E-state index contributed by atoms with van der Waals surface area (Å²) in [5.74, 6) is -2.09. The molecule has 0 aliphatic carbocycles. The van der Waals surface area contributed by atoms with Gasteiger partial charge in [-0.2, -0.15) is 26.3 Å². The third-order valence-corrected chi connectivity index (χ3v) is 2.42. The van der Waals surface area contributed by atoms with Crippen LogP contribution in [0.2, 0.25) is 0 Å². The zero-order valence-electron chi connectivity index (χ0n) is 8.85. The quantitative estimate of drug-likeness (QED) is 0.576. The van der Waals surface area contributed by atoms with E-state index in [1.165, 1.54) is 0 Å². The molecule has 0 saturated carbocycles. The Bertz CT molecular complexity index is 316. The molecule has 0 aromatic carbocycles. The molecule has 1 aliphatic rings. The molecule has 1 heterocycles. The van der Waals surface area contributed by atoms with Crippen LogP contribution < -0.4 is 5.32 Å². The molecule has 2 N–H and O–H groups in total. The summed E-state index contributed by atoms with van der Waals surface area (Å²) in [5.41, 5.74) is 0. The van der Waals surface area contributed by atoms with E-state index < -0.39 is 37.1 Å². The van der Waals surface area contributed by atoms with Crippen LogP contribution in [0.15, 0.2) is 0 Å². The number of carbonyl (C=O) groups excluding carboxylic acids is 1. The topological polar surface area (TPSA) is 52.6 Å². The van der Waals surface area contributed by atoms with Crippen molar-refractivity contribution in [3.63, 3.8) is 0 Å². The monoisotopic (exact) mass is 280 g/mol. The number of aliphatic hydroxyl groups excluding tert-OH is 1. The van der Waals surface area contributed by atoms with Gasteiger partial charge in [-0.3, -0.25) is 10.1 Å². The third-order valence-electron chi connectivity index (χ3n) is 2.42. The smallest absolute Gasteiger partial charge is 0.370 e. The molecule has 0 radical (unpaired) electrons. The summed E-state index contributed by atoms with van der Waals surface area (Å²) in [5, 5.41) is 10.4. The second-order valence-corrected chi connectivity index (χ2v) is 3.85. The van der Waals surface area contributed by atoms with E-state index in [4.69, 9.17) is 5.11 Å². The Morgan fingerprint density at radius 1 is 1.28 bits per heavy atom. The van der Waals surface area contributed by atoms with Crippen molar-refractivity contribution in [2.45, 2.75) is 31.0 Å². The molecule has 1 fully saturated rings. The standard InChI is InChI=1S/C8H10F6N2O2/c9-7(10,11)5(17)15-4-1-2-16(3-4)6(18)8(12,13)14/h4-5,15,17H,1-3H2. The summed E-state index contributed by atoms with van der Waals surface area (Å²) >= 11 is 0. The van der Waals surface area contributed by atoms with Crippen molar-refractivity contribution >= 4 is 5.91 Å². The van der Waals surface area contributed by atoms with Crippen molar-refractivity contribution < 1.29 is 36.2 Å². The highest BCUT2D eigenvalue weighted by atomic mass is 19.4. The molecule has 0 aromatic heterocycles. The highest BCUT2D eigenvalue weighted by Crippen LogP contribution is 2.23. The average Bonchev–Trinajstić information content (AvgIpc) is 2.62. The zero-order valence-corrected chi connectivity index (χ0v) is 8.85. The second-order valence-electron chi connectivity index (χ2n) is 3.85. The molecule has 1 aliphatic heterocycles. The Balaban J connectivity index is 2.50. The number of halogens is 6. The Labute approximate surface area is 97.5 Å². The predicted octanol–water partition coefficient (Wildman–Crippen LogP) is 0.620. The largest absolute Gasteiger partial charge is 0.471 e. The Hall–Kier alpha value is -1.03. The third kappa shape index (κ3) is 3.73. The fourth-order valence-corrected chi connectivity index (χ4v) is 1.58. The highest BCUT2D eigenvalue weighted by Gasteiger charge is 2.46. The van der Waals surface area contributed by atoms with Crippen LogP contribution in [0.3, 0.4) is 0 Å². The normalized spacial score (nSPS) is 23.3. The molecule has 18 heavy (non-hydrogen) atoms. The molecule has 4 nitrogen and oxygen atoms in total. The molecule has 10 heteroatoms. The van der Waals surface area contributed by atoms with E-state index in [1.54, 1.807) is 5.32 Å². The Morgan fingerprint density at radius 2 is 1.83 bits per heavy atom. The molecular formula is C8H10F6N2O2. The van der Waals surface area contributed by atoms with Crippen LogP contribution in [0.25, 0.3) is 0 Å². The first-order valence-electron chi connectivity index (χ1n) is 4.88. The van der Waals surface area contributed by atoms with Crippen molar-refractivity contribution in [1.82, 2.24) is 10.2 Å². The number of hydrogen-bond acceptors (Lipinski definition) is 3. The Kier molecular flexibility index (Phi) is 4.11. The minimum atomic E-state index is -5.04. The van der Waals surface area contributed by atoms with Crippen LogP contribution in [0.4, 0.5) is 26.3 Å². The zero-order chi connectivity index (χ0) is 14.1. The molecule has 2 atom stereocenters. The summed E-state index contributed by atoms with van der Waals surface area (Å²) in [6, 6.07) is -1.02. The average molecular weight is 280 g/mol. The van der Waals surface area contributed by atoms with Crippen molar-refractivity contribution in [2.24, 2.45) is 0 Å². The lowest BCUT2D eigenvalue weighted by Crippen LogP contribution is -2.49. The van der Waals surface area contributed by atoms with Crippen LogP contribution in [0, 0.1) is 0 Å². The van der Waals surface area contributed by atoms with E-state index in [0.717, 1.165) is 0 Å². The lowest BCUT2D eigenvalue weighted by Gasteiger charge is -2.21. The van der Waals surface area contributed by atoms with Crippen LogP contribution in [0.5, 0.6) is 0 Å². The number of likely N-dealkylation sites (tertiary alicyclic amines) is 1. The van der Waals surface area contributed by atoms with Gasteiger partial charge in [0, 0.05) is 19.1 Å². The Morgan fingerprint density at radius 3 is 2.28 bits per heavy atom. The van der Waals surface area contributed by atoms with Crippen molar-refractivity contribution in [2.75, 3.05) is 13.1 Å². The fourth-order valence-electron chi connectivity index (χ4n) is 1.58. The SMILES string of the molecule is O=C(N1CCC(NC(O)C(F)(F)F)C1)C(F)(F)F. The molecule has 1 amide bonds. The van der Waals surface area contributed by atoms with E-state index >= 15 is 0 Å². The summed E-state index contributed by atoms with van der Waals surface area (Å²) in [4.78, 5) is 11.2. The molecule has 2 unspecified atom stereocenters. The van der Waals surface area contributed by atoms with Gasteiger partial charge in [0.2, 0.25) is 6.23 Å². The molecule has 0 bridgehead atoms. The van der Waals surface area contributed by atoms with Crippen molar-refractivity contribution in [1.29, 1.82) is 0 Å². The van der Waals surface area contributed by atoms with Gasteiger partial charge in [0.25, 0.3) is 0 Å². The van der Waals surface area contributed by atoms with Gasteiger partial charge < -0.3 is 10.0 Å². The molecule has 106 valence electrons. The lowest BCUT2D eigenvalue weighted by atomic mass is 10.2. The number of nitrogens with one attached hydrogen (secondary N) is 1. The van der Waals surface area contributed by atoms with Crippen LogP contribution >= 0.6 is 0 Å². The van der Waals surface area contributed by atoms with Gasteiger partial charge in [-0.05, 0) is 6.42 Å². The number of aliphatic hydroxyl groups is 1. The van der Waals surface area contributed by atoms with Gasteiger partial charge in [-0.25, -0.2) is 0 Å². The number of carbonyl (C=O) groups is 1. The minimum Gasteiger partial charge on any atom is -0.370 e. The maximum Gasteiger partial charge on any atom is 0.471 e. The molecular weight excluding hydrogens is 270 g/mol. The van der Waals surface area contributed by atoms with E-state index in [1.807, 2.05) is 0 Å². The highest BCUT2D eigenvalue weighted by molar-refractivity contribution is 5.82. The summed E-state index contributed by atoms with van der Waals surface area (Å²) < 4.78 is 72.0. The van der Waals surface area contributed by atoms with Gasteiger partial charge in [0.05, 0.1) is 0 Å². The number of amides is 1. The first kappa shape index (κ1) is 15.0. The van der Waals surface area contributed by atoms with E-state index in [-0.39, 0.29) is 13.0 Å². The minimum absolute atomic E-state index is 0.0883. The van der Waals surface area contributed by atoms with Gasteiger partial charge in [-0.1, -0.05) is 0 Å². The van der Waals surface area contributed by atoms with Crippen molar-refractivity contribution in [3.05, 3.63) is 0 Å². The second kappa shape index (κ2) is 4.92. The van der Waals surface area contributed by atoms with E-state index in [9.17, 15) is 31.1 Å². The molecule has 1 rings (SSSR count). The molecule has 0 spiro atoms. The maximum atomic E-state index is 12.0. The fraction of sp³-hybridized carbons (Fsp3) is 0.875. The first-order chi connectivity index (χ1) is 8.01. The summed E-state index contributed by atoms with van der Waals surface area (Å²) in [6.45, 7) is -0.827. The van der Waals surface area contributed by atoms with E-state index in [2.05, 4.69) is 0 Å². The summed E-state index contributed by atoms with van der Waals surface area (Å²) in [7, 11) is 0. The predicted molar refractivity (Wildman–Crippen MR) is 46.2 cm³/mol. The molecule has 0 aromatic rings. The van der Waals surface area contributed by atoms with Crippen LogP contribution in [0.1, 0.15) is 6.42 Å². The van der Waals surface area contributed by atoms with Crippen LogP contribution in [-0.4, -0.2) is 53.6 Å². The van der Waals surface area contributed by atoms with Gasteiger partial charge in [-0.15, -0.1) is 0 Å². The number of rotatable bonds is 2. The van der Waals surface area contributed by atoms with Crippen molar-refractivity contribution in [3.8, 4) is 0 Å². The van der Waals surface area contributed by atoms with Gasteiger partial charge in [0.15, 0.2) is 0 Å². The first-order valence-corrected chi connectivity index (χ1v) is 4.88. The lowest BCUT2D eigenvalue weighted by molar-refractivity contribution is -0.215. The van der Waals surface area contributed by atoms with Crippen LogP contribution in [-0.2, 0) is 4.79 Å². The number of alkyl halides is 6. The van der Waals surface area contributed by atoms with Gasteiger partial charge in [0.1, 0.15) is 0 Å². The van der Waals surface area contributed by atoms with E-state index in [0.29, 0.717) is 4.90 Å². The summed E-state index contributed by atoms with van der Waals surface area (Å²) in [6.07, 6.45) is -12.9. The maximum absolute atomic E-state index is 12.0. The molecule has 1 saturated heterocycles. The number of nitrogens with zero attached hydrogens (tertiary/aromatic N) is 1. The number of hydrogen-bond donors (Lipinski definition) is 2. The van der Waals surface area contributed by atoms with Gasteiger partial charge >= 0.3 is 18.3 Å².